The van der Waals surface area contributed by atoms with Crippen molar-refractivity contribution in [3.63, 3.8) is 0 Å². The predicted octanol–water partition coefficient (Wildman–Crippen LogP) is 3.59. The number of hydrogen-bond acceptors (Lipinski definition) is 6. The number of carboxylic acid groups (broad SMARTS) is 2. The van der Waals surface area contributed by atoms with Gasteiger partial charge in [-0.05, 0) is 55.4 Å². The van der Waals surface area contributed by atoms with Crippen LogP contribution in [-0.4, -0.2) is 62.1 Å². The van der Waals surface area contributed by atoms with Gasteiger partial charge in [-0.1, -0.05) is 20.8 Å². The molecule has 0 saturated heterocycles. The third-order valence-electron chi connectivity index (χ3n) is 7.81. The van der Waals surface area contributed by atoms with Crippen LogP contribution in [-0.2, 0) is 20.9 Å². The lowest BCUT2D eigenvalue weighted by Crippen LogP contribution is -2.61. The summed E-state index contributed by atoms with van der Waals surface area (Å²) in [7, 11) is 1.46. The van der Waals surface area contributed by atoms with E-state index >= 15 is 0 Å². The van der Waals surface area contributed by atoms with Crippen molar-refractivity contribution >= 4 is 28.7 Å². The monoisotopic (exact) mass is 480 g/mol. The zero-order chi connectivity index (χ0) is 25.3. The molecule has 2 aromatic heterocycles. The van der Waals surface area contributed by atoms with Crippen molar-refractivity contribution in [3.05, 3.63) is 41.9 Å². The van der Waals surface area contributed by atoms with Crippen LogP contribution in [0.1, 0.15) is 46.2 Å². The highest BCUT2D eigenvalue weighted by molar-refractivity contribution is 6.18. The summed E-state index contributed by atoms with van der Waals surface area (Å²) in [6.45, 7) is 8.06. The van der Waals surface area contributed by atoms with Gasteiger partial charge in [0, 0.05) is 18.1 Å². The number of aromatic nitrogens is 2. The molecule has 0 bridgehead atoms. The van der Waals surface area contributed by atoms with Gasteiger partial charge >= 0.3 is 11.9 Å². The van der Waals surface area contributed by atoms with Crippen molar-refractivity contribution < 1.29 is 24.5 Å². The van der Waals surface area contributed by atoms with E-state index in [1.54, 1.807) is 24.2 Å². The lowest BCUT2D eigenvalue weighted by atomic mass is 9.58. The number of aliphatic carboxylic acids is 2. The van der Waals surface area contributed by atoms with Crippen molar-refractivity contribution in [1.29, 1.82) is 0 Å². The first-order valence-corrected chi connectivity index (χ1v) is 12.0. The fourth-order valence-electron chi connectivity index (χ4n) is 5.76. The minimum Gasteiger partial charge on any atom is -0.499 e. The molecule has 3 aliphatic rings. The molecule has 5 rings (SSSR count). The maximum Gasteiger partial charge on any atom is 0.319 e. The van der Waals surface area contributed by atoms with Gasteiger partial charge in [0.15, 0.2) is 0 Å². The number of rotatable bonds is 6. The average Bonchev–Trinajstić information content (AvgIpc) is 3.42. The lowest BCUT2D eigenvalue weighted by Gasteiger charge is -2.47. The third kappa shape index (κ3) is 3.27. The van der Waals surface area contributed by atoms with Crippen LogP contribution in [0.5, 0.6) is 0 Å². The Bertz CT molecular complexity index is 1280. The van der Waals surface area contributed by atoms with Crippen LogP contribution in [0, 0.1) is 22.2 Å². The molecule has 35 heavy (non-hydrogen) atoms. The van der Waals surface area contributed by atoms with Gasteiger partial charge in [-0.15, -0.1) is 0 Å². The summed E-state index contributed by atoms with van der Waals surface area (Å²) >= 11 is 0. The Kier molecular flexibility index (Phi) is 5.06. The smallest absolute Gasteiger partial charge is 0.319 e. The molecule has 3 atom stereocenters. The van der Waals surface area contributed by atoms with Crippen LogP contribution in [0.25, 0.3) is 11.0 Å². The van der Waals surface area contributed by atoms with Crippen LogP contribution in [0.4, 0.5) is 0 Å². The number of nitrogens with zero attached hydrogens (tertiary/aromatic N) is 4. The number of hydrazone groups is 1. The largest absolute Gasteiger partial charge is 0.499 e. The second-order valence-corrected chi connectivity index (χ2v) is 11.3. The van der Waals surface area contributed by atoms with Gasteiger partial charge in [0.25, 0.3) is 0 Å². The number of fused-ring (bicyclic) bond motifs is 2. The van der Waals surface area contributed by atoms with Crippen molar-refractivity contribution in [2.75, 3.05) is 13.7 Å². The molecule has 1 saturated carbocycles. The Morgan fingerprint density at radius 1 is 1.23 bits per heavy atom. The van der Waals surface area contributed by atoms with Gasteiger partial charge in [0.05, 0.1) is 19.3 Å². The Morgan fingerprint density at radius 3 is 2.51 bits per heavy atom. The first-order chi connectivity index (χ1) is 16.4. The summed E-state index contributed by atoms with van der Waals surface area (Å²) in [5.41, 5.74) is -1.63. The molecule has 0 amide bonds. The zero-order valence-electron chi connectivity index (χ0n) is 20.8. The predicted molar refractivity (Wildman–Crippen MR) is 130 cm³/mol. The Balaban J connectivity index is 1.80. The van der Waals surface area contributed by atoms with Crippen LogP contribution in [0.3, 0.4) is 0 Å². The summed E-state index contributed by atoms with van der Waals surface area (Å²) in [5, 5.41) is 28.4. The van der Waals surface area contributed by atoms with Gasteiger partial charge < -0.3 is 19.5 Å². The SMILES string of the molecule is COC1=CC(C)(C(=O)O)CN2N=C(c3cc4cccnc4n3CC3CC3)C(C(=O)O)(C(C)(C)C)C12. The van der Waals surface area contributed by atoms with Gasteiger partial charge in [0.1, 0.15) is 34.0 Å². The molecule has 3 unspecified atom stereocenters. The van der Waals surface area contributed by atoms with E-state index in [0.717, 1.165) is 30.4 Å². The van der Waals surface area contributed by atoms with E-state index < -0.39 is 34.2 Å². The molecule has 0 aromatic carbocycles. The van der Waals surface area contributed by atoms with Gasteiger partial charge in [-0.2, -0.15) is 5.10 Å². The zero-order valence-corrected chi connectivity index (χ0v) is 20.8. The number of methoxy groups -OCH3 is 1. The lowest BCUT2D eigenvalue weighted by molar-refractivity contribution is -0.155. The summed E-state index contributed by atoms with van der Waals surface area (Å²) in [4.78, 5) is 30.2. The highest BCUT2D eigenvalue weighted by Gasteiger charge is 2.67. The number of pyridine rings is 1. The molecule has 4 heterocycles. The maximum absolute atomic E-state index is 13.4. The average molecular weight is 481 g/mol. The molecule has 2 aliphatic heterocycles. The molecule has 1 aliphatic carbocycles. The fraction of sp³-hybridized carbons (Fsp3) is 0.538. The van der Waals surface area contributed by atoms with Crippen molar-refractivity contribution in [2.45, 2.75) is 53.1 Å². The maximum atomic E-state index is 13.4. The van der Waals surface area contributed by atoms with Crippen LogP contribution < -0.4 is 0 Å². The standard InChI is InChI=1S/C26H32N4O5/c1-24(2,3)26(23(33)34)19(28-30-14-25(4,22(31)32)12-18(35-5)20(26)30)17-11-16-7-6-10-27-21(16)29(17)13-15-8-9-15/h6-7,10-12,15,20H,8-9,13-14H2,1-5H3,(H,31,32)(H,33,34). The van der Waals surface area contributed by atoms with Gasteiger partial charge in [0.2, 0.25) is 0 Å². The first-order valence-electron chi connectivity index (χ1n) is 12.0. The van der Waals surface area contributed by atoms with E-state index in [2.05, 4.69) is 9.55 Å². The topological polar surface area (TPSA) is 117 Å². The van der Waals surface area contributed by atoms with E-state index in [9.17, 15) is 19.8 Å². The summed E-state index contributed by atoms with van der Waals surface area (Å²) in [5.74, 6) is -1.21. The molecule has 1 fully saturated rings. The molecule has 9 nitrogen and oxygen atoms in total. The van der Waals surface area contributed by atoms with E-state index in [1.165, 1.54) is 7.11 Å². The Hall–Kier alpha value is -3.36. The highest BCUT2D eigenvalue weighted by atomic mass is 16.5. The normalized spacial score (nSPS) is 28.5. The molecule has 2 aromatic rings. The van der Waals surface area contributed by atoms with Crippen molar-refractivity contribution in [1.82, 2.24) is 14.6 Å². The van der Waals surface area contributed by atoms with Crippen LogP contribution in [0.2, 0.25) is 0 Å². The number of hydrogen-bond donors (Lipinski definition) is 2. The minimum absolute atomic E-state index is 0.0373. The van der Waals surface area contributed by atoms with E-state index in [4.69, 9.17) is 9.84 Å². The molecular formula is C26H32N4O5. The van der Waals surface area contributed by atoms with E-state index in [0.29, 0.717) is 23.1 Å². The van der Waals surface area contributed by atoms with Crippen molar-refractivity contribution in [3.8, 4) is 0 Å². The quantitative estimate of drug-likeness (QED) is 0.649. The summed E-state index contributed by atoms with van der Waals surface area (Å²) < 4.78 is 7.80. The summed E-state index contributed by atoms with van der Waals surface area (Å²) in [6.07, 6.45) is 5.56. The molecule has 2 N–H and O–H groups in total. The highest BCUT2D eigenvalue weighted by Crippen LogP contribution is 2.55. The molecule has 0 radical (unpaired) electrons. The molecule has 0 spiro atoms. The third-order valence-corrected chi connectivity index (χ3v) is 7.81. The molecular weight excluding hydrogens is 448 g/mol. The van der Waals surface area contributed by atoms with Crippen LogP contribution >= 0.6 is 0 Å². The van der Waals surface area contributed by atoms with E-state index in [-0.39, 0.29) is 6.54 Å². The number of ether oxygens (including phenoxy) is 1. The van der Waals surface area contributed by atoms with E-state index in [1.807, 2.05) is 39.0 Å². The number of carboxylic acids is 2. The fourth-order valence-corrected chi connectivity index (χ4v) is 5.76. The van der Waals surface area contributed by atoms with Crippen molar-refractivity contribution in [2.24, 2.45) is 27.3 Å². The molecule has 186 valence electrons. The van der Waals surface area contributed by atoms with Crippen LogP contribution in [0.15, 0.2) is 41.3 Å². The minimum atomic E-state index is -1.50. The number of carbonyl (C=O) groups is 2. The van der Waals surface area contributed by atoms with Gasteiger partial charge in [-0.3, -0.25) is 14.6 Å². The Morgan fingerprint density at radius 2 is 1.94 bits per heavy atom. The first kappa shape index (κ1) is 23.4. The second kappa shape index (κ2) is 7.57. The van der Waals surface area contributed by atoms with Gasteiger partial charge in [-0.25, -0.2) is 4.98 Å². The molecule has 9 heteroatoms. The Labute approximate surface area is 204 Å². The summed E-state index contributed by atoms with van der Waals surface area (Å²) in [6, 6.07) is 5.02. The second-order valence-electron chi connectivity index (χ2n) is 11.3.